The number of benzene rings is 1. The average Bonchev–Trinajstić information content (AvgIpc) is 3.10. The zero-order valence-electron chi connectivity index (χ0n) is 13.9. The van der Waals surface area contributed by atoms with E-state index in [1.165, 1.54) is 0 Å². The summed E-state index contributed by atoms with van der Waals surface area (Å²) in [5.74, 6) is 1.33. The van der Waals surface area contributed by atoms with E-state index in [4.69, 9.17) is 4.52 Å². The SMILES string of the molecule is CCCCC(=O)N1CCCC[C@H]1c1nc(-c2ccc(Br)cc2)no1. The Labute approximate surface area is 150 Å². The normalized spacial score (nSPS) is 17.9. The highest BCUT2D eigenvalue weighted by Crippen LogP contribution is 2.32. The van der Waals surface area contributed by atoms with Crippen LogP contribution in [0.5, 0.6) is 0 Å². The van der Waals surface area contributed by atoms with Crippen molar-refractivity contribution in [1.82, 2.24) is 15.0 Å². The van der Waals surface area contributed by atoms with Gasteiger partial charge < -0.3 is 9.42 Å². The van der Waals surface area contributed by atoms with Gasteiger partial charge >= 0.3 is 0 Å². The predicted octanol–water partition coefficient (Wildman–Crippen LogP) is 4.74. The molecule has 0 N–H and O–H groups in total. The van der Waals surface area contributed by atoms with Gasteiger partial charge in [-0.3, -0.25) is 4.79 Å². The van der Waals surface area contributed by atoms with Gasteiger partial charge in [-0.05, 0) is 49.9 Å². The van der Waals surface area contributed by atoms with E-state index >= 15 is 0 Å². The maximum atomic E-state index is 12.5. The summed E-state index contributed by atoms with van der Waals surface area (Å²) in [6.07, 6.45) is 5.56. The van der Waals surface area contributed by atoms with Crippen molar-refractivity contribution in [2.75, 3.05) is 6.54 Å². The monoisotopic (exact) mass is 391 g/mol. The van der Waals surface area contributed by atoms with Gasteiger partial charge in [0.05, 0.1) is 0 Å². The van der Waals surface area contributed by atoms with Gasteiger partial charge in [-0.25, -0.2) is 0 Å². The summed E-state index contributed by atoms with van der Waals surface area (Å²) in [4.78, 5) is 19.0. The fraction of sp³-hybridized carbons (Fsp3) is 0.500. The zero-order chi connectivity index (χ0) is 16.9. The number of amides is 1. The van der Waals surface area contributed by atoms with E-state index in [-0.39, 0.29) is 11.9 Å². The molecule has 0 spiro atoms. The Balaban J connectivity index is 1.78. The second-order valence-electron chi connectivity index (χ2n) is 6.17. The number of aromatic nitrogens is 2. The van der Waals surface area contributed by atoms with Gasteiger partial charge in [0, 0.05) is 23.0 Å². The molecule has 1 atom stereocenters. The van der Waals surface area contributed by atoms with Crippen LogP contribution in [0, 0.1) is 0 Å². The third kappa shape index (κ3) is 3.86. The van der Waals surface area contributed by atoms with E-state index < -0.39 is 0 Å². The van der Waals surface area contributed by atoms with Crippen LogP contribution in [0.3, 0.4) is 0 Å². The molecular weight excluding hydrogens is 370 g/mol. The van der Waals surface area contributed by atoms with Crippen LogP contribution >= 0.6 is 15.9 Å². The number of rotatable bonds is 5. The minimum Gasteiger partial charge on any atom is -0.337 e. The van der Waals surface area contributed by atoms with Crippen molar-refractivity contribution in [3.8, 4) is 11.4 Å². The van der Waals surface area contributed by atoms with Crippen molar-refractivity contribution in [3.05, 3.63) is 34.6 Å². The molecule has 2 heterocycles. The molecule has 1 amide bonds. The van der Waals surface area contributed by atoms with Gasteiger partial charge in [0.25, 0.3) is 0 Å². The lowest BCUT2D eigenvalue weighted by Crippen LogP contribution is -2.38. The Hall–Kier alpha value is -1.69. The van der Waals surface area contributed by atoms with Crippen LogP contribution in [0.1, 0.15) is 57.4 Å². The maximum absolute atomic E-state index is 12.5. The first-order chi connectivity index (χ1) is 11.7. The summed E-state index contributed by atoms with van der Waals surface area (Å²) in [6, 6.07) is 7.71. The quantitative estimate of drug-likeness (QED) is 0.737. The van der Waals surface area contributed by atoms with E-state index in [9.17, 15) is 4.79 Å². The number of carbonyl (C=O) groups is 1. The Morgan fingerprint density at radius 1 is 1.33 bits per heavy atom. The van der Waals surface area contributed by atoms with Crippen LogP contribution in [-0.4, -0.2) is 27.5 Å². The molecule has 24 heavy (non-hydrogen) atoms. The number of hydrogen-bond acceptors (Lipinski definition) is 4. The molecule has 128 valence electrons. The average molecular weight is 392 g/mol. The number of likely N-dealkylation sites (tertiary alicyclic amines) is 1. The Bertz CT molecular complexity index is 684. The smallest absolute Gasteiger partial charge is 0.249 e. The second kappa shape index (κ2) is 7.92. The van der Waals surface area contributed by atoms with Gasteiger partial charge in [0.1, 0.15) is 6.04 Å². The van der Waals surface area contributed by atoms with E-state index in [1.54, 1.807) is 0 Å². The molecular formula is C18H22BrN3O2. The molecule has 0 unspecified atom stereocenters. The van der Waals surface area contributed by atoms with Gasteiger partial charge in [-0.15, -0.1) is 0 Å². The molecule has 5 nitrogen and oxygen atoms in total. The fourth-order valence-corrected chi connectivity index (χ4v) is 3.31. The topological polar surface area (TPSA) is 59.2 Å². The van der Waals surface area contributed by atoms with E-state index in [2.05, 4.69) is 33.0 Å². The lowest BCUT2D eigenvalue weighted by molar-refractivity contribution is -0.135. The molecule has 0 radical (unpaired) electrons. The molecule has 2 aromatic rings. The largest absolute Gasteiger partial charge is 0.337 e. The number of nitrogens with zero attached hydrogens (tertiary/aromatic N) is 3. The Morgan fingerprint density at radius 2 is 2.12 bits per heavy atom. The molecule has 0 bridgehead atoms. The van der Waals surface area contributed by atoms with E-state index in [1.807, 2.05) is 29.2 Å². The van der Waals surface area contributed by atoms with Crippen LogP contribution in [0.25, 0.3) is 11.4 Å². The van der Waals surface area contributed by atoms with Gasteiger partial charge in [0.2, 0.25) is 17.6 Å². The van der Waals surface area contributed by atoms with Crippen LogP contribution in [0.2, 0.25) is 0 Å². The third-order valence-electron chi connectivity index (χ3n) is 4.40. The molecule has 0 saturated carbocycles. The van der Waals surface area contributed by atoms with E-state index in [0.29, 0.717) is 18.1 Å². The number of hydrogen-bond donors (Lipinski definition) is 0. The van der Waals surface area contributed by atoms with Crippen molar-refractivity contribution in [2.45, 2.75) is 51.5 Å². The van der Waals surface area contributed by atoms with Crippen LogP contribution in [0.4, 0.5) is 0 Å². The molecule has 1 aliphatic rings. The highest BCUT2D eigenvalue weighted by Gasteiger charge is 2.31. The number of carbonyl (C=O) groups excluding carboxylic acids is 1. The van der Waals surface area contributed by atoms with Crippen LogP contribution in [-0.2, 0) is 4.79 Å². The molecule has 0 aliphatic carbocycles. The highest BCUT2D eigenvalue weighted by atomic mass is 79.9. The number of halogens is 1. The molecule has 1 saturated heterocycles. The van der Waals surface area contributed by atoms with Crippen molar-refractivity contribution >= 4 is 21.8 Å². The lowest BCUT2D eigenvalue weighted by atomic mass is 10.0. The summed E-state index contributed by atoms with van der Waals surface area (Å²) in [5, 5.41) is 4.11. The summed E-state index contributed by atoms with van der Waals surface area (Å²) in [6.45, 7) is 2.88. The first-order valence-corrected chi connectivity index (χ1v) is 9.37. The molecule has 1 fully saturated rings. The van der Waals surface area contributed by atoms with Crippen LogP contribution < -0.4 is 0 Å². The molecule has 6 heteroatoms. The first-order valence-electron chi connectivity index (χ1n) is 8.58. The summed E-state index contributed by atoms with van der Waals surface area (Å²) >= 11 is 3.42. The summed E-state index contributed by atoms with van der Waals surface area (Å²) < 4.78 is 6.52. The number of unbranched alkanes of at least 4 members (excludes halogenated alkanes) is 1. The third-order valence-corrected chi connectivity index (χ3v) is 4.93. The molecule has 3 rings (SSSR count). The number of piperidine rings is 1. The molecule has 1 aromatic heterocycles. The molecule has 1 aliphatic heterocycles. The predicted molar refractivity (Wildman–Crippen MR) is 95.3 cm³/mol. The van der Waals surface area contributed by atoms with Crippen molar-refractivity contribution in [3.63, 3.8) is 0 Å². The van der Waals surface area contributed by atoms with Gasteiger partial charge in [-0.2, -0.15) is 4.98 Å². The summed E-state index contributed by atoms with van der Waals surface area (Å²) in [7, 11) is 0. The van der Waals surface area contributed by atoms with Gasteiger partial charge in [0.15, 0.2) is 0 Å². The Kier molecular flexibility index (Phi) is 5.66. The van der Waals surface area contributed by atoms with Crippen molar-refractivity contribution in [1.29, 1.82) is 0 Å². The lowest BCUT2D eigenvalue weighted by Gasteiger charge is -2.33. The van der Waals surface area contributed by atoms with E-state index in [0.717, 1.165) is 48.7 Å². The first kappa shape index (κ1) is 17.1. The Morgan fingerprint density at radius 3 is 2.88 bits per heavy atom. The van der Waals surface area contributed by atoms with Crippen molar-refractivity contribution < 1.29 is 9.32 Å². The van der Waals surface area contributed by atoms with Crippen LogP contribution in [0.15, 0.2) is 33.3 Å². The maximum Gasteiger partial charge on any atom is 0.249 e. The fourth-order valence-electron chi connectivity index (χ4n) is 3.05. The standard InChI is InChI=1S/C18H22BrN3O2/c1-2-3-7-16(23)22-12-5-4-6-15(22)18-20-17(21-24-18)13-8-10-14(19)11-9-13/h8-11,15H,2-7,12H2,1H3/t15-/m0/s1. The second-order valence-corrected chi connectivity index (χ2v) is 7.08. The minimum atomic E-state index is -0.0835. The molecule has 1 aromatic carbocycles. The summed E-state index contributed by atoms with van der Waals surface area (Å²) in [5.41, 5.74) is 0.910. The highest BCUT2D eigenvalue weighted by molar-refractivity contribution is 9.10. The zero-order valence-corrected chi connectivity index (χ0v) is 15.5. The minimum absolute atomic E-state index is 0.0835. The van der Waals surface area contributed by atoms with Crippen molar-refractivity contribution in [2.24, 2.45) is 0 Å². The van der Waals surface area contributed by atoms with Gasteiger partial charge in [-0.1, -0.05) is 34.4 Å².